The van der Waals surface area contributed by atoms with E-state index in [0.717, 1.165) is 28.2 Å². The largest absolute Gasteiger partial charge is 0.484 e. The first kappa shape index (κ1) is 21.9. The summed E-state index contributed by atoms with van der Waals surface area (Å²) in [4.78, 5) is 33.2. The zero-order valence-electron chi connectivity index (χ0n) is 18.3. The zero-order valence-corrected chi connectivity index (χ0v) is 18.3. The summed E-state index contributed by atoms with van der Waals surface area (Å²) in [6, 6.07) is 9.26. The van der Waals surface area contributed by atoms with E-state index in [0.29, 0.717) is 17.4 Å². The van der Waals surface area contributed by atoms with E-state index in [1.807, 2.05) is 58.9 Å². The second-order valence-corrected chi connectivity index (χ2v) is 7.39. The number of aryl methyl sites for hydroxylation is 4. The molecule has 0 unspecified atom stereocenters. The van der Waals surface area contributed by atoms with Gasteiger partial charge in [-0.2, -0.15) is 5.10 Å². The number of ether oxygens (including phenoxy) is 1. The molecule has 2 heterocycles. The Bertz CT molecular complexity index is 1100. The molecule has 2 amide bonds. The van der Waals surface area contributed by atoms with Crippen molar-refractivity contribution in [1.29, 1.82) is 0 Å². The van der Waals surface area contributed by atoms with E-state index in [-0.39, 0.29) is 18.9 Å². The Morgan fingerprint density at radius 1 is 0.968 bits per heavy atom. The Hall–Kier alpha value is -3.75. The fourth-order valence-electron chi connectivity index (χ4n) is 3.16. The number of amides is 2. The van der Waals surface area contributed by atoms with E-state index < -0.39 is 5.91 Å². The number of aromatic nitrogens is 4. The average molecular weight is 422 g/mol. The number of hydrogen-bond donors (Lipinski definition) is 2. The van der Waals surface area contributed by atoms with E-state index in [9.17, 15) is 9.59 Å². The number of benzene rings is 1. The predicted molar refractivity (Wildman–Crippen MR) is 115 cm³/mol. The molecular formula is C22H26N6O3. The second-order valence-electron chi connectivity index (χ2n) is 7.39. The SMILES string of the molecule is Cc1cccc(OCC(=O)NNC(=O)Cc2c(C)nn(-c3nc(C)cc(C)n3)c2C)c1. The molecule has 0 bridgehead atoms. The molecule has 0 fully saturated rings. The van der Waals surface area contributed by atoms with Crippen molar-refractivity contribution in [3.8, 4) is 11.7 Å². The van der Waals surface area contributed by atoms with E-state index >= 15 is 0 Å². The molecule has 2 N–H and O–H groups in total. The maximum absolute atomic E-state index is 12.4. The standard InChI is InChI=1S/C22H26N6O3/c1-13-7-6-8-18(9-13)31-12-21(30)26-25-20(29)11-19-16(4)27-28(17(19)5)22-23-14(2)10-15(3)24-22/h6-10H,11-12H2,1-5H3,(H,25,29)(H,26,30). The number of carbonyl (C=O) groups is 2. The Morgan fingerprint density at radius 3 is 2.32 bits per heavy atom. The van der Waals surface area contributed by atoms with Crippen LogP contribution >= 0.6 is 0 Å². The molecule has 0 saturated carbocycles. The van der Waals surface area contributed by atoms with Crippen LogP contribution in [0.2, 0.25) is 0 Å². The van der Waals surface area contributed by atoms with Crippen molar-refractivity contribution in [1.82, 2.24) is 30.6 Å². The first-order valence-electron chi connectivity index (χ1n) is 9.88. The highest BCUT2D eigenvalue weighted by Crippen LogP contribution is 2.17. The third-order valence-electron chi connectivity index (χ3n) is 4.64. The van der Waals surface area contributed by atoms with E-state index in [2.05, 4.69) is 25.9 Å². The van der Waals surface area contributed by atoms with Crippen molar-refractivity contribution < 1.29 is 14.3 Å². The molecule has 0 saturated heterocycles. The molecule has 1 aromatic carbocycles. The monoisotopic (exact) mass is 422 g/mol. The van der Waals surface area contributed by atoms with Gasteiger partial charge in [0.25, 0.3) is 11.9 Å². The predicted octanol–water partition coefficient (Wildman–Crippen LogP) is 1.97. The van der Waals surface area contributed by atoms with Crippen molar-refractivity contribution in [3.05, 3.63) is 64.2 Å². The maximum atomic E-state index is 12.4. The lowest BCUT2D eigenvalue weighted by molar-refractivity contribution is -0.129. The highest BCUT2D eigenvalue weighted by molar-refractivity contribution is 5.84. The number of nitrogens with one attached hydrogen (secondary N) is 2. The van der Waals surface area contributed by atoms with Gasteiger partial charge in [0.1, 0.15) is 5.75 Å². The van der Waals surface area contributed by atoms with E-state index in [4.69, 9.17) is 4.74 Å². The topological polar surface area (TPSA) is 111 Å². The van der Waals surface area contributed by atoms with E-state index in [1.54, 1.807) is 10.7 Å². The quantitative estimate of drug-likeness (QED) is 0.588. The van der Waals surface area contributed by atoms with Gasteiger partial charge in [0.2, 0.25) is 5.91 Å². The molecule has 0 radical (unpaired) electrons. The van der Waals surface area contributed by atoms with Crippen LogP contribution in [0, 0.1) is 34.6 Å². The molecule has 0 aliphatic rings. The van der Waals surface area contributed by atoms with Gasteiger partial charge in [0.15, 0.2) is 6.61 Å². The van der Waals surface area contributed by atoms with Crippen molar-refractivity contribution in [3.63, 3.8) is 0 Å². The smallest absolute Gasteiger partial charge is 0.276 e. The number of rotatable bonds is 6. The minimum atomic E-state index is -0.456. The number of nitrogens with zero attached hydrogens (tertiary/aromatic N) is 4. The number of hydrogen-bond acceptors (Lipinski definition) is 6. The van der Waals surface area contributed by atoms with Gasteiger partial charge in [-0.25, -0.2) is 14.6 Å². The van der Waals surface area contributed by atoms with Gasteiger partial charge >= 0.3 is 0 Å². The summed E-state index contributed by atoms with van der Waals surface area (Å²) < 4.78 is 7.05. The van der Waals surface area contributed by atoms with Crippen LogP contribution in [-0.4, -0.2) is 38.2 Å². The third kappa shape index (κ3) is 5.65. The summed E-state index contributed by atoms with van der Waals surface area (Å²) in [6.45, 7) is 9.20. The summed E-state index contributed by atoms with van der Waals surface area (Å²) in [6.07, 6.45) is 0.0570. The minimum Gasteiger partial charge on any atom is -0.484 e. The van der Waals surface area contributed by atoms with Crippen molar-refractivity contribution >= 4 is 11.8 Å². The first-order valence-corrected chi connectivity index (χ1v) is 9.88. The Labute approximate surface area is 180 Å². The zero-order chi connectivity index (χ0) is 22.5. The molecule has 0 aliphatic carbocycles. The third-order valence-corrected chi connectivity index (χ3v) is 4.64. The van der Waals surface area contributed by atoms with Crippen molar-refractivity contribution in [2.75, 3.05) is 6.61 Å². The van der Waals surface area contributed by atoms with Gasteiger partial charge in [-0.05, 0) is 58.4 Å². The Kier molecular flexibility index (Phi) is 6.64. The van der Waals surface area contributed by atoms with Crippen LogP contribution in [0.25, 0.3) is 5.95 Å². The van der Waals surface area contributed by atoms with Gasteiger partial charge in [0.05, 0.1) is 12.1 Å². The minimum absolute atomic E-state index is 0.0570. The Morgan fingerprint density at radius 2 is 1.65 bits per heavy atom. The van der Waals surface area contributed by atoms with Gasteiger partial charge in [-0.15, -0.1) is 0 Å². The number of carbonyl (C=O) groups excluding carboxylic acids is 2. The van der Waals surface area contributed by atoms with Crippen LogP contribution in [0.5, 0.6) is 5.75 Å². The van der Waals surface area contributed by atoms with Crippen molar-refractivity contribution in [2.45, 2.75) is 41.0 Å². The van der Waals surface area contributed by atoms with Crippen LogP contribution < -0.4 is 15.6 Å². The van der Waals surface area contributed by atoms with Crippen LogP contribution in [0.3, 0.4) is 0 Å². The normalized spacial score (nSPS) is 10.6. The maximum Gasteiger partial charge on any atom is 0.276 e. The molecule has 162 valence electrons. The molecule has 3 aromatic rings. The highest BCUT2D eigenvalue weighted by Gasteiger charge is 2.18. The lowest BCUT2D eigenvalue weighted by Crippen LogP contribution is -2.44. The molecule has 0 atom stereocenters. The first-order chi connectivity index (χ1) is 14.7. The molecule has 9 nitrogen and oxygen atoms in total. The second kappa shape index (κ2) is 9.38. The van der Waals surface area contributed by atoms with E-state index in [1.165, 1.54) is 0 Å². The molecular weight excluding hydrogens is 396 g/mol. The average Bonchev–Trinajstić information content (AvgIpc) is 2.98. The molecule has 0 spiro atoms. The summed E-state index contributed by atoms with van der Waals surface area (Å²) in [5.74, 6) is 0.235. The number of hydrazine groups is 1. The van der Waals surface area contributed by atoms with Gasteiger partial charge in [-0.1, -0.05) is 12.1 Å². The highest BCUT2D eigenvalue weighted by atomic mass is 16.5. The summed E-state index contributed by atoms with van der Waals surface area (Å²) in [5, 5.41) is 4.49. The molecule has 31 heavy (non-hydrogen) atoms. The van der Waals surface area contributed by atoms with Crippen LogP contribution in [0.1, 0.15) is 33.9 Å². The fourth-order valence-corrected chi connectivity index (χ4v) is 3.16. The van der Waals surface area contributed by atoms with Gasteiger partial charge < -0.3 is 4.74 Å². The van der Waals surface area contributed by atoms with Gasteiger partial charge in [-0.3, -0.25) is 20.4 Å². The molecule has 0 aliphatic heterocycles. The molecule has 9 heteroatoms. The van der Waals surface area contributed by atoms with Crippen LogP contribution in [-0.2, 0) is 16.0 Å². The lowest BCUT2D eigenvalue weighted by Gasteiger charge is -2.09. The summed E-state index contributed by atoms with van der Waals surface area (Å²) >= 11 is 0. The molecule has 2 aromatic heterocycles. The summed E-state index contributed by atoms with van der Waals surface area (Å²) in [5.41, 5.74) is 9.71. The summed E-state index contributed by atoms with van der Waals surface area (Å²) in [7, 11) is 0. The van der Waals surface area contributed by atoms with Gasteiger partial charge in [0, 0.05) is 22.6 Å². The van der Waals surface area contributed by atoms with Crippen molar-refractivity contribution in [2.24, 2.45) is 0 Å². The van der Waals surface area contributed by atoms with Crippen LogP contribution in [0.15, 0.2) is 30.3 Å². The molecule has 3 rings (SSSR count). The van der Waals surface area contributed by atoms with Crippen LogP contribution in [0.4, 0.5) is 0 Å². The Balaban J connectivity index is 1.58. The lowest BCUT2D eigenvalue weighted by atomic mass is 10.1. The fraction of sp³-hybridized carbons (Fsp3) is 0.318.